The first-order chi connectivity index (χ1) is 10.7. The molecule has 1 saturated heterocycles. The molecule has 1 aliphatic heterocycles. The number of rotatable bonds is 4. The fraction of sp³-hybridized carbons (Fsp3) is 1.00. The van der Waals surface area contributed by atoms with Crippen molar-refractivity contribution >= 4 is 0 Å². The van der Waals surface area contributed by atoms with Crippen molar-refractivity contribution in [2.24, 2.45) is 29.6 Å². The summed E-state index contributed by atoms with van der Waals surface area (Å²) in [7, 11) is 0. The molecule has 2 saturated carbocycles. The Hall–Kier alpha value is -0.0800. The van der Waals surface area contributed by atoms with E-state index in [2.05, 4.69) is 13.8 Å². The van der Waals surface area contributed by atoms with E-state index in [1.807, 2.05) is 0 Å². The molecule has 3 fully saturated rings. The minimum atomic E-state index is 0.110. The summed E-state index contributed by atoms with van der Waals surface area (Å²) in [6.07, 6.45) is 14.0. The summed E-state index contributed by atoms with van der Waals surface area (Å²) >= 11 is 0. The average molecular weight is 309 g/mol. The second kappa shape index (κ2) is 8.15. The fourth-order valence-electron chi connectivity index (χ4n) is 4.64. The van der Waals surface area contributed by atoms with Gasteiger partial charge < -0.3 is 9.47 Å². The molecule has 2 nitrogen and oxygen atoms in total. The van der Waals surface area contributed by atoms with E-state index < -0.39 is 0 Å². The van der Waals surface area contributed by atoms with E-state index in [1.54, 1.807) is 0 Å². The van der Waals surface area contributed by atoms with Gasteiger partial charge in [-0.05, 0) is 37.0 Å². The maximum absolute atomic E-state index is 6.10. The van der Waals surface area contributed by atoms with E-state index in [1.165, 1.54) is 64.2 Å². The van der Waals surface area contributed by atoms with Gasteiger partial charge in [-0.25, -0.2) is 0 Å². The summed E-state index contributed by atoms with van der Waals surface area (Å²) in [6.45, 7) is 6.67. The topological polar surface area (TPSA) is 18.5 Å². The molecule has 0 bridgehead atoms. The Balaban J connectivity index is 1.32. The lowest BCUT2D eigenvalue weighted by Gasteiger charge is -2.37. The summed E-state index contributed by atoms with van der Waals surface area (Å²) < 4.78 is 12.2. The van der Waals surface area contributed by atoms with Crippen LogP contribution in [0, 0.1) is 29.6 Å². The van der Waals surface area contributed by atoms with Crippen LogP contribution < -0.4 is 0 Å². The van der Waals surface area contributed by atoms with Crippen LogP contribution in [-0.2, 0) is 9.47 Å². The Morgan fingerprint density at radius 2 is 1.14 bits per heavy atom. The van der Waals surface area contributed by atoms with E-state index in [-0.39, 0.29) is 6.29 Å². The van der Waals surface area contributed by atoms with Crippen LogP contribution in [0.15, 0.2) is 0 Å². The van der Waals surface area contributed by atoms with Crippen LogP contribution in [-0.4, -0.2) is 19.5 Å². The fourth-order valence-corrected chi connectivity index (χ4v) is 4.64. The van der Waals surface area contributed by atoms with Crippen LogP contribution in [0.25, 0.3) is 0 Å². The predicted octanol–water partition coefficient (Wildman–Crippen LogP) is 5.41. The van der Waals surface area contributed by atoms with Gasteiger partial charge in [-0.15, -0.1) is 0 Å². The lowest BCUT2D eigenvalue weighted by molar-refractivity contribution is -0.230. The molecule has 22 heavy (non-hydrogen) atoms. The smallest absolute Gasteiger partial charge is 0.160 e. The molecule has 3 rings (SSSR count). The molecule has 0 aromatic carbocycles. The molecule has 0 unspecified atom stereocenters. The average Bonchev–Trinajstić information content (AvgIpc) is 2.56. The molecule has 0 spiro atoms. The minimum absolute atomic E-state index is 0.110. The van der Waals surface area contributed by atoms with Gasteiger partial charge in [0.1, 0.15) is 0 Å². The highest BCUT2D eigenvalue weighted by atomic mass is 16.7. The third kappa shape index (κ3) is 4.71. The molecule has 2 aliphatic carbocycles. The number of hydrogen-bond acceptors (Lipinski definition) is 2. The zero-order valence-corrected chi connectivity index (χ0v) is 14.8. The Bertz CT molecular complexity index is 306. The van der Waals surface area contributed by atoms with Crippen molar-refractivity contribution in [3.05, 3.63) is 0 Å². The van der Waals surface area contributed by atoms with Crippen molar-refractivity contribution in [1.29, 1.82) is 0 Å². The van der Waals surface area contributed by atoms with Gasteiger partial charge in [-0.1, -0.05) is 58.8 Å². The summed E-state index contributed by atoms with van der Waals surface area (Å²) in [5, 5.41) is 0. The molecule has 0 radical (unpaired) electrons. The molecule has 3 aliphatic rings. The maximum Gasteiger partial charge on any atom is 0.160 e. The van der Waals surface area contributed by atoms with Gasteiger partial charge in [0, 0.05) is 11.8 Å². The second-order valence-electron chi connectivity index (χ2n) is 8.62. The van der Waals surface area contributed by atoms with Crippen molar-refractivity contribution in [2.45, 2.75) is 84.3 Å². The van der Waals surface area contributed by atoms with Crippen LogP contribution in [0.1, 0.15) is 78.1 Å². The SMILES string of the molecule is CC1CCC(CCC2COC(C3CCC(C)CC3)OC2)CC1. The largest absolute Gasteiger partial charge is 0.352 e. The van der Waals surface area contributed by atoms with Crippen LogP contribution in [0.3, 0.4) is 0 Å². The molecule has 1 heterocycles. The second-order valence-corrected chi connectivity index (χ2v) is 8.62. The first-order valence-electron chi connectivity index (χ1n) is 9.94. The highest BCUT2D eigenvalue weighted by Crippen LogP contribution is 2.35. The van der Waals surface area contributed by atoms with E-state index in [9.17, 15) is 0 Å². The van der Waals surface area contributed by atoms with Crippen LogP contribution in [0.2, 0.25) is 0 Å². The van der Waals surface area contributed by atoms with Crippen LogP contribution >= 0.6 is 0 Å². The third-order valence-electron chi connectivity index (χ3n) is 6.56. The van der Waals surface area contributed by atoms with Gasteiger partial charge in [0.15, 0.2) is 6.29 Å². The van der Waals surface area contributed by atoms with Crippen molar-refractivity contribution in [3.63, 3.8) is 0 Å². The van der Waals surface area contributed by atoms with Crippen molar-refractivity contribution in [2.75, 3.05) is 13.2 Å². The molecular formula is C20H36O2. The Labute approximate surface area is 137 Å². The summed E-state index contributed by atoms with van der Waals surface area (Å²) in [5.41, 5.74) is 0. The highest BCUT2D eigenvalue weighted by molar-refractivity contribution is 4.76. The van der Waals surface area contributed by atoms with Crippen LogP contribution in [0.5, 0.6) is 0 Å². The zero-order valence-electron chi connectivity index (χ0n) is 14.8. The maximum atomic E-state index is 6.10. The van der Waals surface area contributed by atoms with E-state index >= 15 is 0 Å². The molecule has 0 aromatic rings. The lowest BCUT2D eigenvalue weighted by Crippen LogP contribution is -2.38. The number of hydrogen-bond donors (Lipinski definition) is 0. The molecular weight excluding hydrogens is 272 g/mol. The van der Waals surface area contributed by atoms with E-state index in [0.29, 0.717) is 11.8 Å². The monoisotopic (exact) mass is 308 g/mol. The normalized spacial score (nSPS) is 43.9. The molecule has 0 atom stereocenters. The molecule has 128 valence electrons. The van der Waals surface area contributed by atoms with Crippen LogP contribution in [0.4, 0.5) is 0 Å². The van der Waals surface area contributed by atoms with Crippen molar-refractivity contribution in [1.82, 2.24) is 0 Å². The predicted molar refractivity (Wildman–Crippen MR) is 90.7 cm³/mol. The molecule has 0 N–H and O–H groups in total. The zero-order chi connectivity index (χ0) is 15.4. The highest BCUT2D eigenvalue weighted by Gasteiger charge is 2.31. The summed E-state index contributed by atoms with van der Waals surface area (Å²) in [5.74, 6) is 4.17. The van der Waals surface area contributed by atoms with E-state index in [0.717, 1.165) is 31.0 Å². The first kappa shape index (κ1) is 16.8. The van der Waals surface area contributed by atoms with Gasteiger partial charge in [0.2, 0.25) is 0 Å². The van der Waals surface area contributed by atoms with Gasteiger partial charge in [0.25, 0.3) is 0 Å². The Morgan fingerprint density at radius 3 is 1.73 bits per heavy atom. The molecule has 2 heteroatoms. The molecule has 0 aromatic heterocycles. The first-order valence-corrected chi connectivity index (χ1v) is 9.94. The van der Waals surface area contributed by atoms with E-state index in [4.69, 9.17) is 9.47 Å². The van der Waals surface area contributed by atoms with Gasteiger partial charge in [-0.2, -0.15) is 0 Å². The van der Waals surface area contributed by atoms with Crippen molar-refractivity contribution < 1.29 is 9.47 Å². The summed E-state index contributed by atoms with van der Waals surface area (Å²) in [4.78, 5) is 0. The summed E-state index contributed by atoms with van der Waals surface area (Å²) in [6, 6.07) is 0. The quantitative estimate of drug-likeness (QED) is 0.691. The van der Waals surface area contributed by atoms with Gasteiger partial charge in [0.05, 0.1) is 13.2 Å². The van der Waals surface area contributed by atoms with Gasteiger partial charge >= 0.3 is 0 Å². The Kier molecular flexibility index (Phi) is 6.21. The lowest BCUT2D eigenvalue weighted by atomic mass is 9.80. The third-order valence-corrected chi connectivity index (χ3v) is 6.56. The van der Waals surface area contributed by atoms with Gasteiger partial charge in [-0.3, -0.25) is 0 Å². The Morgan fingerprint density at radius 1 is 0.636 bits per heavy atom. The minimum Gasteiger partial charge on any atom is -0.352 e. The van der Waals surface area contributed by atoms with Crippen molar-refractivity contribution in [3.8, 4) is 0 Å². The standard InChI is InChI=1S/C20H36O2/c1-15-3-7-17(8-4-15)9-10-18-13-21-20(22-14-18)19-11-5-16(2)6-12-19/h15-20H,3-14H2,1-2H3. The molecule has 0 amide bonds. The number of ether oxygens (including phenoxy) is 2.